The maximum atomic E-state index is 12.7. The van der Waals surface area contributed by atoms with Gasteiger partial charge in [0.1, 0.15) is 11.0 Å². The molecule has 3 heterocycles. The third kappa shape index (κ3) is 5.06. The number of hydrogen-bond acceptors (Lipinski definition) is 5. The van der Waals surface area contributed by atoms with Gasteiger partial charge in [-0.15, -0.1) is 22.7 Å². The highest BCUT2D eigenvalue weighted by Crippen LogP contribution is 2.27. The Morgan fingerprint density at radius 1 is 1.10 bits per heavy atom. The van der Waals surface area contributed by atoms with Gasteiger partial charge in [0.15, 0.2) is 0 Å². The van der Waals surface area contributed by atoms with Crippen molar-refractivity contribution < 1.29 is 9.59 Å². The highest BCUT2D eigenvalue weighted by molar-refractivity contribution is 7.20. The number of likely N-dealkylation sites (tertiary alicyclic amines) is 1. The van der Waals surface area contributed by atoms with Crippen LogP contribution in [0.3, 0.4) is 0 Å². The Kier molecular flexibility index (Phi) is 6.76. The van der Waals surface area contributed by atoms with Crippen LogP contribution in [0.5, 0.6) is 0 Å². The summed E-state index contributed by atoms with van der Waals surface area (Å²) < 4.78 is 0. The van der Waals surface area contributed by atoms with Gasteiger partial charge in [0.2, 0.25) is 5.91 Å². The van der Waals surface area contributed by atoms with E-state index in [1.54, 1.807) is 27.6 Å². The molecule has 1 aliphatic heterocycles. The van der Waals surface area contributed by atoms with Gasteiger partial charge in [-0.25, -0.2) is 9.78 Å². The van der Waals surface area contributed by atoms with Gasteiger partial charge >= 0.3 is 6.03 Å². The monoisotopic (exact) mass is 440 g/mol. The van der Waals surface area contributed by atoms with Gasteiger partial charge < -0.3 is 15.5 Å². The summed E-state index contributed by atoms with van der Waals surface area (Å²) in [6.07, 6.45) is 2.30. The van der Waals surface area contributed by atoms with Gasteiger partial charge in [0, 0.05) is 18.5 Å². The fourth-order valence-corrected chi connectivity index (χ4v) is 5.17. The Hall–Kier alpha value is -2.71. The molecule has 4 rings (SSSR count). The quantitative estimate of drug-likeness (QED) is 0.585. The third-order valence-electron chi connectivity index (χ3n) is 5.08. The summed E-state index contributed by atoms with van der Waals surface area (Å²) in [7, 11) is 0. The van der Waals surface area contributed by atoms with Crippen LogP contribution in [0.25, 0.3) is 9.88 Å². The lowest BCUT2D eigenvalue weighted by Gasteiger charge is -2.24. The van der Waals surface area contributed by atoms with Crippen LogP contribution >= 0.6 is 22.7 Å². The molecule has 1 aromatic carbocycles. The lowest BCUT2D eigenvalue weighted by molar-refractivity contribution is -0.124. The van der Waals surface area contributed by atoms with E-state index in [1.807, 2.05) is 53.2 Å². The molecule has 3 amide bonds. The summed E-state index contributed by atoms with van der Waals surface area (Å²) in [6.45, 7) is 1.53. The van der Waals surface area contributed by atoms with Gasteiger partial charge in [-0.1, -0.05) is 36.4 Å². The lowest BCUT2D eigenvalue weighted by atomic mass is 10.1. The smallest absolute Gasteiger partial charge is 0.318 e. The molecule has 0 saturated carbocycles. The molecule has 1 fully saturated rings. The number of nitrogens with one attached hydrogen (secondary N) is 2. The number of nitrogens with zero attached hydrogens (tertiary/aromatic N) is 2. The van der Waals surface area contributed by atoms with E-state index < -0.39 is 6.04 Å². The summed E-state index contributed by atoms with van der Waals surface area (Å²) >= 11 is 3.23. The lowest BCUT2D eigenvalue weighted by Crippen LogP contribution is -2.49. The first-order valence-corrected chi connectivity index (χ1v) is 11.8. The summed E-state index contributed by atoms with van der Waals surface area (Å²) in [5.74, 6) is -0.114. The SMILES string of the molecule is O=C(NCc1csc(-c2cccs2)n1)[C@H]1CCCN1C(=O)NCCc1ccccc1. The summed E-state index contributed by atoms with van der Waals surface area (Å²) in [5, 5.41) is 10.9. The van der Waals surface area contributed by atoms with Crippen LogP contribution in [0.15, 0.2) is 53.2 Å². The second kappa shape index (κ2) is 9.86. The Balaban J connectivity index is 1.26. The molecule has 0 spiro atoms. The Morgan fingerprint density at radius 3 is 2.77 bits per heavy atom. The molecular formula is C22H24N4O2S2. The van der Waals surface area contributed by atoms with Crippen molar-refractivity contribution in [1.29, 1.82) is 0 Å². The molecule has 0 bridgehead atoms. The second-order valence-corrected chi connectivity index (χ2v) is 8.96. The molecule has 156 valence electrons. The third-order valence-corrected chi connectivity index (χ3v) is 7.01. The molecule has 2 N–H and O–H groups in total. The average molecular weight is 441 g/mol. The molecule has 3 aromatic rings. The van der Waals surface area contributed by atoms with Gasteiger partial charge in [-0.3, -0.25) is 4.79 Å². The number of carbonyl (C=O) groups is 2. The standard InChI is InChI=1S/C22H24N4O2S2/c27-20(24-14-17-15-30-21(25-17)19-9-5-13-29-19)18-8-4-12-26(18)22(28)23-11-10-16-6-2-1-3-7-16/h1-3,5-7,9,13,15,18H,4,8,10-12,14H2,(H,23,28)(H,24,27)/t18-/m1/s1. The molecule has 8 heteroatoms. The molecule has 6 nitrogen and oxygen atoms in total. The number of amides is 3. The molecule has 0 radical (unpaired) electrons. The summed E-state index contributed by atoms with van der Waals surface area (Å²) in [5.41, 5.74) is 2.02. The van der Waals surface area contributed by atoms with Crippen molar-refractivity contribution in [1.82, 2.24) is 20.5 Å². The van der Waals surface area contributed by atoms with Crippen molar-refractivity contribution in [2.24, 2.45) is 0 Å². The first kappa shape index (κ1) is 20.6. The highest BCUT2D eigenvalue weighted by atomic mass is 32.1. The zero-order valence-electron chi connectivity index (χ0n) is 16.5. The molecule has 0 unspecified atom stereocenters. The first-order valence-electron chi connectivity index (χ1n) is 10.0. The van der Waals surface area contributed by atoms with Crippen LogP contribution in [0.2, 0.25) is 0 Å². The Bertz CT molecular complexity index is 972. The number of urea groups is 1. The maximum Gasteiger partial charge on any atom is 0.318 e. The molecule has 30 heavy (non-hydrogen) atoms. The number of thiophene rings is 1. The number of aromatic nitrogens is 1. The maximum absolute atomic E-state index is 12.7. The predicted octanol–water partition coefficient (Wildman–Crippen LogP) is 3.90. The van der Waals surface area contributed by atoms with Crippen LogP contribution in [-0.2, 0) is 17.8 Å². The minimum Gasteiger partial charge on any atom is -0.349 e. The zero-order chi connectivity index (χ0) is 20.8. The summed E-state index contributed by atoms with van der Waals surface area (Å²) in [6, 6.07) is 13.5. The average Bonchev–Trinajstić information content (AvgIpc) is 3.54. The van der Waals surface area contributed by atoms with Crippen LogP contribution in [0.4, 0.5) is 4.79 Å². The minimum atomic E-state index is -0.419. The first-order chi connectivity index (χ1) is 14.7. The fraction of sp³-hybridized carbons (Fsp3) is 0.318. The minimum absolute atomic E-state index is 0.114. The van der Waals surface area contributed by atoms with Gasteiger partial charge in [-0.2, -0.15) is 0 Å². The molecule has 1 aliphatic rings. The Labute approximate surface area is 184 Å². The van der Waals surface area contributed by atoms with Crippen molar-refractivity contribution in [3.63, 3.8) is 0 Å². The summed E-state index contributed by atoms with van der Waals surface area (Å²) in [4.78, 5) is 32.7. The fourth-order valence-electron chi connectivity index (χ4n) is 3.54. The predicted molar refractivity (Wildman–Crippen MR) is 121 cm³/mol. The van der Waals surface area contributed by atoms with Gasteiger partial charge in [0.25, 0.3) is 0 Å². The number of thiazole rings is 1. The van der Waals surface area contributed by atoms with E-state index in [0.717, 1.165) is 28.4 Å². The van der Waals surface area contributed by atoms with E-state index in [4.69, 9.17) is 0 Å². The van der Waals surface area contributed by atoms with Crippen molar-refractivity contribution in [2.75, 3.05) is 13.1 Å². The van der Waals surface area contributed by atoms with E-state index in [1.165, 1.54) is 5.56 Å². The van der Waals surface area contributed by atoms with Crippen molar-refractivity contribution >= 4 is 34.6 Å². The van der Waals surface area contributed by atoms with Crippen molar-refractivity contribution in [2.45, 2.75) is 31.8 Å². The van der Waals surface area contributed by atoms with Crippen LogP contribution in [-0.4, -0.2) is 41.0 Å². The molecular weight excluding hydrogens is 416 g/mol. The van der Waals surface area contributed by atoms with E-state index in [9.17, 15) is 9.59 Å². The Morgan fingerprint density at radius 2 is 1.97 bits per heavy atom. The van der Waals surface area contributed by atoms with Crippen LogP contribution in [0.1, 0.15) is 24.1 Å². The molecule has 1 atom stereocenters. The molecule has 1 saturated heterocycles. The molecule has 2 aromatic heterocycles. The number of rotatable bonds is 7. The van der Waals surface area contributed by atoms with Crippen molar-refractivity contribution in [3.8, 4) is 9.88 Å². The van der Waals surface area contributed by atoms with E-state index in [2.05, 4.69) is 15.6 Å². The zero-order valence-corrected chi connectivity index (χ0v) is 18.2. The van der Waals surface area contributed by atoms with Crippen molar-refractivity contribution in [3.05, 3.63) is 64.5 Å². The van der Waals surface area contributed by atoms with E-state index in [0.29, 0.717) is 26.1 Å². The van der Waals surface area contributed by atoms with E-state index >= 15 is 0 Å². The number of hydrogen-bond donors (Lipinski definition) is 2. The molecule has 0 aliphatic carbocycles. The van der Waals surface area contributed by atoms with E-state index in [-0.39, 0.29) is 11.9 Å². The topological polar surface area (TPSA) is 74.3 Å². The van der Waals surface area contributed by atoms with Gasteiger partial charge in [-0.05, 0) is 36.3 Å². The largest absolute Gasteiger partial charge is 0.349 e. The number of carbonyl (C=O) groups excluding carboxylic acids is 2. The number of benzene rings is 1. The normalized spacial score (nSPS) is 15.9. The highest BCUT2D eigenvalue weighted by Gasteiger charge is 2.33. The van der Waals surface area contributed by atoms with Crippen LogP contribution in [0, 0.1) is 0 Å². The van der Waals surface area contributed by atoms with Crippen LogP contribution < -0.4 is 10.6 Å². The second-order valence-electron chi connectivity index (χ2n) is 7.16. The van der Waals surface area contributed by atoms with Gasteiger partial charge in [0.05, 0.1) is 17.1 Å².